The van der Waals surface area contributed by atoms with Crippen molar-refractivity contribution in [3.63, 3.8) is 0 Å². The lowest BCUT2D eigenvalue weighted by Gasteiger charge is -2.30. The van der Waals surface area contributed by atoms with E-state index in [1.165, 1.54) is 0 Å². The van der Waals surface area contributed by atoms with Gasteiger partial charge in [0.2, 0.25) is 17.7 Å². The van der Waals surface area contributed by atoms with Crippen LogP contribution in [0.25, 0.3) is 0 Å². The maximum atomic E-state index is 14.4. The quantitative estimate of drug-likeness (QED) is 0.0758. The van der Waals surface area contributed by atoms with Crippen LogP contribution in [-0.4, -0.2) is 64.5 Å². The summed E-state index contributed by atoms with van der Waals surface area (Å²) < 4.78 is 5.52. The average molecular weight is 777 g/mol. The number of carbonyl (C=O) groups excluding carboxylic acids is 5. The maximum absolute atomic E-state index is 14.4. The molecule has 5 atom stereocenters. The van der Waals surface area contributed by atoms with Gasteiger partial charge in [-0.2, -0.15) is 0 Å². The first-order valence-corrected chi connectivity index (χ1v) is 19.4. The minimum atomic E-state index is -1.23. The highest BCUT2D eigenvalue weighted by molar-refractivity contribution is 6.09. The van der Waals surface area contributed by atoms with E-state index in [0.717, 1.165) is 11.1 Å². The number of amides is 4. The maximum Gasteiger partial charge on any atom is 0.407 e. The number of alkyl carbamates (subject to hydrolysis) is 1. The van der Waals surface area contributed by atoms with Crippen LogP contribution in [0.15, 0.2) is 115 Å². The van der Waals surface area contributed by atoms with Gasteiger partial charge in [-0.1, -0.05) is 129 Å². The number of benzene rings is 4. The van der Waals surface area contributed by atoms with Gasteiger partial charge in [0.25, 0.3) is 0 Å². The number of primary amides is 1. The lowest BCUT2D eigenvalue weighted by atomic mass is 9.88. The molecule has 4 aromatic carbocycles. The van der Waals surface area contributed by atoms with Crippen molar-refractivity contribution in [2.24, 2.45) is 17.6 Å². The Labute approximate surface area is 335 Å². The van der Waals surface area contributed by atoms with E-state index >= 15 is 0 Å². The van der Waals surface area contributed by atoms with E-state index < -0.39 is 59.6 Å². The number of hydrogen-bond donors (Lipinski definition) is 5. The number of carbonyl (C=O) groups is 5. The van der Waals surface area contributed by atoms with Gasteiger partial charge in [-0.05, 0) is 69.1 Å². The Hall–Kier alpha value is -5.81. The van der Waals surface area contributed by atoms with E-state index in [4.69, 9.17) is 10.5 Å². The molecule has 11 nitrogen and oxygen atoms in total. The lowest BCUT2D eigenvalue weighted by Crippen LogP contribution is -2.55. The summed E-state index contributed by atoms with van der Waals surface area (Å²) in [6, 6.07) is 31.5. The van der Waals surface area contributed by atoms with Gasteiger partial charge in [-0.3, -0.25) is 19.2 Å². The fourth-order valence-corrected chi connectivity index (χ4v) is 6.52. The summed E-state index contributed by atoms with van der Waals surface area (Å²) in [5.74, 6) is -2.84. The lowest BCUT2D eigenvalue weighted by molar-refractivity contribution is -0.133. The third-order valence-electron chi connectivity index (χ3n) is 9.38. The van der Waals surface area contributed by atoms with E-state index in [1.54, 1.807) is 69.3 Å². The number of aliphatic hydroxyl groups is 1. The fourth-order valence-electron chi connectivity index (χ4n) is 6.52. The van der Waals surface area contributed by atoms with Gasteiger partial charge >= 0.3 is 6.09 Å². The highest BCUT2D eigenvalue weighted by Gasteiger charge is 2.33. The summed E-state index contributed by atoms with van der Waals surface area (Å²) in [5, 5.41) is 20.3. The van der Waals surface area contributed by atoms with E-state index in [-0.39, 0.29) is 43.8 Å². The van der Waals surface area contributed by atoms with Crippen LogP contribution in [-0.2, 0) is 38.4 Å². The van der Waals surface area contributed by atoms with E-state index in [0.29, 0.717) is 16.7 Å². The zero-order chi connectivity index (χ0) is 41.5. The summed E-state index contributed by atoms with van der Waals surface area (Å²) in [6.07, 6.45) is -1.21. The minimum Gasteiger partial charge on any atom is -0.444 e. The minimum absolute atomic E-state index is 0.0192. The zero-order valence-corrected chi connectivity index (χ0v) is 33.4. The van der Waals surface area contributed by atoms with Crippen molar-refractivity contribution in [1.82, 2.24) is 16.0 Å². The highest BCUT2D eigenvalue weighted by atomic mass is 16.6. The van der Waals surface area contributed by atoms with Gasteiger partial charge in [0, 0.05) is 23.5 Å². The number of rotatable bonds is 19. The van der Waals surface area contributed by atoms with Gasteiger partial charge in [-0.25, -0.2) is 4.79 Å². The third-order valence-corrected chi connectivity index (χ3v) is 9.38. The normalized spacial score (nSPS) is 14.0. The average Bonchev–Trinajstić information content (AvgIpc) is 3.17. The predicted molar refractivity (Wildman–Crippen MR) is 220 cm³/mol. The van der Waals surface area contributed by atoms with Crippen molar-refractivity contribution in [1.29, 1.82) is 0 Å². The van der Waals surface area contributed by atoms with Crippen molar-refractivity contribution in [2.75, 3.05) is 0 Å². The molecule has 0 aliphatic carbocycles. The van der Waals surface area contributed by atoms with Crippen molar-refractivity contribution in [3.05, 3.63) is 143 Å². The first kappa shape index (κ1) is 43.9. The molecule has 0 aromatic heterocycles. The molecule has 302 valence electrons. The molecular weight excluding hydrogens is 721 g/mol. The molecule has 0 radical (unpaired) electrons. The molecule has 0 bridgehead atoms. The molecule has 0 aliphatic heterocycles. The molecule has 11 heteroatoms. The molecular formula is C46H56N4O7. The Morgan fingerprint density at radius 2 is 1.11 bits per heavy atom. The number of nitrogens with two attached hydrogens (primary N) is 1. The van der Waals surface area contributed by atoms with Crippen LogP contribution in [0, 0.1) is 11.8 Å². The van der Waals surface area contributed by atoms with Crippen LogP contribution in [0.4, 0.5) is 4.79 Å². The highest BCUT2D eigenvalue weighted by Crippen LogP contribution is 2.22. The molecule has 0 aliphatic rings. The third kappa shape index (κ3) is 14.7. The molecule has 4 aromatic rings. The summed E-state index contributed by atoms with van der Waals surface area (Å²) in [7, 11) is 0. The van der Waals surface area contributed by atoms with Crippen LogP contribution >= 0.6 is 0 Å². The van der Waals surface area contributed by atoms with E-state index in [2.05, 4.69) is 16.0 Å². The van der Waals surface area contributed by atoms with Crippen molar-refractivity contribution >= 4 is 29.6 Å². The molecule has 4 amide bonds. The van der Waals surface area contributed by atoms with Crippen molar-refractivity contribution in [2.45, 2.75) is 96.6 Å². The second kappa shape index (κ2) is 20.9. The predicted octanol–water partition coefficient (Wildman–Crippen LogP) is 5.71. The molecule has 4 rings (SSSR count). The van der Waals surface area contributed by atoms with Crippen LogP contribution in [0.3, 0.4) is 0 Å². The van der Waals surface area contributed by atoms with Crippen LogP contribution < -0.4 is 21.7 Å². The molecule has 0 saturated carbocycles. The Bertz CT molecular complexity index is 1910. The first-order chi connectivity index (χ1) is 27.1. The SMILES string of the molecule is CC(C)C[C@H](NC(=O)[C@H](Cc1ccc(C(=O)c2ccccc2)cc1)C[C@@H](O)[C@H](Cc1ccccc1)NC(=O)OC(C)(C)C)C(=O)N[C@@H](Cc1ccccc1)C(N)=O. The topological polar surface area (TPSA) is 177 Å². The summed E-state index contributed by atoms with van der Waals surface area (Å²) in [5.41, 5.74) is 8.32. The van der Waals surface area contributed by atoms with Crippen molar-refractivity contribution < 1.29 is 33.8 Å². The van der Waals surface area contributed by atoms with Gasteiger partial charge in [0.15, 0.2) is 5.78 Å². The Kier molecular flexibility index (Phi) is 16.1. The van der Waals surface area contributed by atoms with Crippen LogP contribution in [0.1, 0.15) is 80.1 Å². The monoisotopic (exact) mass is 776 g/mol. The van der Waals surface area contributed by atoms with E-state index in [9.17, 15) is 29.1 Å². The second-order valence-corrected chi connectivity index (χ2v) is 15.9. The zero-order valence-electron chi connectivity index (χ0n) is 33.4. The first-order valence-electron chi connectivity index (χ1n) is 19.4. The largest absolute Gasteiger partial charge is 0.444 e. The summed E-state index contributed by atoms with van der Waals surface area (Å²) in [4.78, 5) is 66.8. The molecule has 0 spiro atoms. The Morgan fingerprint density at radius 1 is 0.614 bits per heavy atom. The second-order valence-electron chi connectivity index (χ2n) is 15.9. The number of ether oxygens (including phenoxy) is 1. The number of hydrogen-bond acceptors (Lipinski definition) is 7. The van der Waals surface area contributed by atoms with Gasteiger partial charge in [0.1, 0.15) is 17.7 Å². The smallest absolute Gasteiger partial charge is 0.407 e. The standard InChI is InChI=1S/C46H56N4O7/c1-30(2)25-39(44(55)48-38(42(47)53)28-32-17-11-7-12-18-32)49-43(54)36(26-33-21-23-35(24-22-33)41(52)34-19-13-8-14-20-34)29-40(51)37(27-31-15-9-6-10-16-31)50-45(56)57-46(3,4)5/h6-24,30,36-40,51H,25-29H2,1-5H3,(H2,47,53)(H,48,55)(H,49,54)(H,50,56)/t36-,37+,38+,39+,40-/m1/s1. The Morgan fingerprint density at radius 3 is 1.63 bits per heavy atom. The van der Waals surface area contributed by atoms with Gasteiger partial charge in [0.05, 0.1) is 12.1 Å². The number of ketones is 1. The summed E-state index contributed by atoms with van der Waals surface area (Å²) >= 11 is 0. The molecule has 57 heavy (non-hydrogen) atoms. The fraction of sp³-hybridized carbons (Fsp3) is 0.370. The molecule has 0 heterocycles. The van der Waals surface area contributed by atoms with Crippen LogP contribution in [0.2, 0.25) is 0 Å². The van der Waals surface area contributed by atoms with Gasteiger partial charge in [-0.15, -0.1) is 0 Å². The van der Waals surface area contributed by atoms with Crippen molar-refractivity contribution in [3.8, 4) is 0 Å². The Balaban J connectivity index is 1.62. The van der Waals surface area contributed by atoms with E-state index in [1.807, 2.05) is 80.6 Å². The van der Waals surface area contributed by atoms with Gasteiger partial charge < -0.3 is 31.5 Å². The molecule has 0 saturated heterocycles. The molecule has 0 fully saturated rings. The number of nitrogens with one attached hydrogen (secondary N) is 3. The number of aliphatic hydroxyl groups excluding tert-OH is 1. The summed E-state index contributed by atoms with van der Waals surface area (Å²) in [6.45, 7) is 9.05. The molecule has 6 N–H and O–H groups in total. The molecule has 0 unspecified atom stereocenters. The van der Waals surface area contributed by atoms with Crippen LogP contribution in [0.5, 0.6) is 0 Å².